The van der Waals surface area contributed by atoms with Crippen molar-refractivity contribution in [1.82, 2.24) is 14.2 Å². The SMILES string of the molecule is CCNCc1cc(S(=O)(=O)N(C)C(C)CSC)cn1C. The zero-order valence-corrected chi connectivity index (χ0v) is 14.5. The molecule has 0 aliphatic rings. The number of nitrogens with one attached hydrogen (secondary N) is 1. The van der Waals surface area contributed by atoms with Crippen LogP contribution >= 0.6 is 11.8 Å². The van der Waals surface area contributed by atoms with E-state index in [-0.39, 0.29) is 6.04 Å². The maximum atomic E-state index is 12.6. The number of aromatic nitrogens is 1. The van der Waals surface area contributed by atoms with Gasteiger partial charge in [-0.05, 0) is 25.8 Å². The average Bonchev–Trinajstić information content (AvgIpc) is 2.77. The van der Waals surface area contributed by atoms with E-state index in [1.807, 2.05) is 31.7 Å². The highest BCUT2D eigenvalue weighted by Gasteiger charge is 2.26. The Morgan fingerprint density at radius 1 is 1.50 bits per heavy atom. The van der Waals surface area contributed by atoms with E-state index in [0.29, 0.717) is 11.4 Å². The van der Waals surface area contributed by atoms with Gasteiger partial charge in [-0.3, -0.25) is 0 Å². The molecule has 0 amide bonds. The Hall–Kier alpha value is -0.500. The lowest BCUT2D eigenvalue weighted by Crippen LogP contribution is -2.36. The molecule has 1 aromatic heterocycles. The summed E-state index contributed by atoms with van der Waals surface area (Å²) in [5.41, 5.74) is 0.969. The molecule has 1 N–H and O–H groups in total. The first-order valence-corrected chi connectivity index (χ1v) is 9.50. The number of nitrogens with zero attached hydrogens (tertiary/aromatic N) is 2. The fourth-order valence-electron chi connectivity index (χ4n) is 1.90. The third kappa shape index (κ3) is 4.00. The largest absolute Gasteiger partial charge is 0.352 e. The molecule has 0 radical (unpaired) electrons. The third-order valence-electron chi connectivity index (χ3n) is 3.34. The van der Waals surface area contributed by atoms with Gasteiger partial charge in [0.15, 0.2) is 0 Å². The van der Waals surface area contributed by atoms with Crippen LogP contribution in [0.15, 0.2) is 17.2 Å². The summed E-state index contributed by atoms with van der Waals surface area (Å²) in [6.45, 7) is 5.49. The first kappa shape index (κ1) is 17.6. The minimum absolute atomic E-state index is 0.0209. The average molecular weight is 319 g/mol. The number of thioether (sulfide) groups is 1. The van der Waals surface area contributed by atoms with Crippen LogP contribution in [-0.4, -0.2) is 48.9 Å². The molecule has 0 bridgehead atoms. The predicted octanol–water partition coefficient (Wildman–Crippen LogP) is 1.51. The number of hydrogen-bond acceptors (Lipinski definition) is 4. The van der Waals surface area contributed by atoms with Crippen LogP contribution in [0.25, 0.3) is 0 Å². The summed E-state index contributed by atoms with van der Waals surface area (Å²) in [6.07, 6.45) is 3.66. The molecule has 1 rings (SSSR count). The van der Waals surface area contributed by atoms with Gasteiger partial charge in [0.05, 0.1) is 0 Å². The molecular weight excluding hydrogens is 294 g/mol. The van der Waals surface area contributed by atoms with Gasteiger partial charge < -0.3 is 9.88 Å². The Balaban J connectivity index is 2.98. The van der Waals surface area contributed by atoms with Crippen molar-refractivity contribution in [2.75, 3.05) is 25.6 Å². The summed E-state index contributed by atoms with van der Waals surface area (Å²) in [6, 6.07) is 1.73. The van der Waals surface area contributed by atoms with E-state index in [2.05, 4.69) is 5.32 Å². The van der Waals surface area contributed by atoms with E-state index in [1.54, 1.807) is 31.1 Å². The van der Waals surface area contributed by atoms with Crippen molar-refractivity contribution in [3.63, 3.8) is 0 Å². The molecule has 1 unspecified atom stereocenters. The molecule has 1 atom stereocenters. The van der Waals surface area contributed by atoms with Crippen LogP contribution in [0.3, 0.4) is 0 Å². The third-order valence-corrected chi connectivity index (χ3v) is 6.10. The molecular formula is C13H25N3O2S2. The normalized spacial score (nSPS) is 13.9. The van der Waals surface area contributed by atoms with E-state index in [4.69, 9.17) is 0 Å². The van der Waals surface area contributed by atoms with Gasteiger partial charge >= 0.3 is 0 Å². The zero-order chi connectivity index (χ0) is 15.3. The van der Waals surface area contributed by atoms with Crippen LogP contribution in [0.1, 0.15) is 19.5 Å². The van der Waals surface area contributed by atoms with Crippen LogP contribution in [0.2, 0.25) is 0 Å². The van der Waals surface area contributed by atoms with Crippen molar-refractivity contribution in [1.29, 1.82) is 0 Å². The highest BCUT2D eigenvalue weighted by molar-refractivity contribution is 7.98. The van der Waals surface area contributed by atoms with Crippen molar-refractivity contribution in [3.05, 3.63) is 18.0 Å². The summed E-state index contributed by atoms with van der Waals surface area (Å²) >= 11 is 1.65. The molecule has 116 valence electrons. The molecule has 0 spiro atoms. The minimum atomic E-state index is -3.42. The molecule has 0 fully saturated rings. The topological polar surface area (TPSA) is 54.3 Å². The molecule has 5 nitrogen and oxygen atoms in total. The highest BCUT2D eigenvalue weighted by atomic mass is 32.2. The summed E-state index contributed by atoms with van der Waals surface area (Å²) < 4.78 is 28.5. The van der Waals surface area contributed by atoms with Gasteiger partial charge in [0.25, 0.3) is 0 Å². The number of aryl methyl sites for hydroxylation is 1. The van der Waals surface area contributed by atoms with Crippen LogP contribution in [0, 0.1) is 0 Å². The van der Waals surface area contributed by atoms with Gasteiger partial charge in [0, 0.05) is 44.3 Å². The van der Waals surface area contributed by atoms with E-state index in [1.165, 1.54) is 4.31 Å². The van der Waals surface area contributed by atoms with Crippen LogP contribution < -0.4 is 5.32 Å². The number of rotatable bonds is 8. The first-order valence-electron chi connectivity index (χ1n) is 6.67. The molecule has 20 heavy (non-hydrogen) atoms. The smallest absolute Gasteiger partial charge is 0.244 e. The van der Waals surface area contributed by atoms with Gasteiger partial charge in [-0.1, -0.05) is 6.92 Å². The number of hydrogen-bond donors (Lipinski definition) is 1. The van der Waals surface area contributed by atoms with E-state index >= 15 is 0 Å². The van der Waals surface area contributed by atoms with E-state index in [0.717, 1.165) is 18.0 Å². The highest BCUT2D eigenvalue weighted by Crippen LogP contribution is 2.20. The summed E-state index contributed by atoms with van der Waals surface area (Å²) in [4.78, 5) is 0.364. The second-order valence-electron chi connectivity index (χ2n) is 4.88. The zero-order valence-electron chi connectivity index (χ0n) is 12.9. The van der Waals surface area contributed by atoms with Crippen LogP contribution in [0.5, 0.6) is 0 Å². The minimum Gasteiger partial charge on any atom is -0.352 e. The maximum absolute atomic E-state index is 12.6. The Bertz CT molecular complexity index is 526. The summed E-state index contributed by atoms with van der Waals surface area (Å²) in [5, 5.41) is 3.21. The van der Waals surface area contributed by atoms with Gasteiger partial charge in [-0.25, -0.2) is 8.42 Å². The molecule has 0 aromatic carbocycles. The molecule has 7 heteroatoms. The molecule has 0 aliphatic heterocycles. The van der Waals surface area contributed by atoms with Gasteiger partial charge in [-0.2, -0.15) is 16.1 Å². The van der Waals surface area contributed by atoms with Gasteiger partial charge in [0.2, 0.25) is 10.0 Å². The number of sulfonamides is 1. The van der Waals surface area contributed by atoms with Crippen molar-refractivity contribution < 1.29 is 8.42 Å². The molecule has 1 heterocycles. The second kappa shape index (κ2) is 7.49. The van der Waals surface area contributed by atoms with Crippen molar-refractivity contribution in [2.24, 2.45) is 7.05 Å². The summed E-state index contributed by atoms with van der Waals surface area (Å²) in [5.74, 6) is 0.785. The van der Waals surface area contributed by atoms with Gasteiger partial charge in [-0.15, -0.1) is 0 Å². The lowest BCUT2D eigenvalue weighted by Gasteiger charge is -2.23. The van der Waals surface area contributed by atoms with Crippen molar-refractivity contribution in [2.45, 2.75) is 31.3 Å². The molecule has 1 aromatic rings. The molecule has 0 aliphatic carbocycles. The molecule has 0 saturated carbocycles. The fraction of sp³-hybridized carbons (Fsp3) is 0.692. The van der Waals surface area contributed by atoms with Crippen molar-refractivity contribution in [3.8, 4) is 0 Å². The Labute approximate surface area is 126 Å². The standard InChI is InChI=1S/C13H25N3O2S2/c1-6-14-8-12-7-13(9-15(12)3)20(17,18)16(4)11(2)10-19-5/h7,9,11,14H,6,8,10H2,1-5H3. The van der Waals surface area contributed by atoms with E-state index in [9.17, 15) is 8.42 Å². The van der Waals surface area contributed by atoms with Crippen LogP contribution in [-0.2, 0) is 23.6 Å². The Kier molecular flexibility index (Phi) is 6.57. The fourth-order valence-corrected chi connectivity index (χ4v) is 4.15. The van der Waals surface area contributed by atoms with Gasteiger partial charge in [0.1, 0.15) is 4.90 Å². The van der Waals surface area contributed by atoms with Crippen molar-refractivity contribution >= 4 is 21.8 Å². The summed E-state index contributed by atoms with van der Waals surface area (Å²) in [7, 11) is 0.102. The molecule has 0 saturated heterocycles. The second-order valence-corrected chi connectivity index (χ2v) is 7.79. The Morgan fingerprint density at radius 2 is 2.15 bits per heavy atom. The Morgan fingerprint density at radius 3 is 2.70 bits per heavy atom. The first-order chi connectivity index (χ1) is 9.34. The monoisotopic (exact) mass is 319 g/mol. The predicted molar refractivity (Wildman–Crippen MR) is 85.6 cm³/mol. The van der Waals surface area contributed by atoms with Crippen LogP contribution in [0.4, 0.5) is 0 Å². The maximum Gasteiger partial charge on any atom is 0.244 e. The lowest BCUT2D eigenvalue weighted by molar-refractivity contribution is 0.415. The quantitative estimate of drug-likeness (QED) is 0.789. The lowest BCUT2D eigenvalue weighted by atomic mass is 10.4. The van der Waals surface area contributed by atoms with E-state index < -0.39 is 10.0 Å².